The first-order valence-corrected chi connectivity index (χ1v) is 3.29. The van der Waals surface area contributed by atoms with Crippen LogP contribution in [0, 0.1) is 5.41 Å². The Labute approximate surface area is 64.0 Å². The van der Waals surface area contributed by atoms with E-state index in [1.165, 1.54) is 13.8 Å². The number of carboxylic acid groups (broad SMARTS) is 1. The minimum absolute atomic E-state index is 0.0259. The van der Waals surface area contributed by atoms with Gasteiger partial charge < -0.3 is 5.11 Å². The van der Waals surface area contributed by atoms with E-state index in [1.54, 1.807) is 0 Å². The van der Waals surface area contributed by atoms with E-state index in [0.717, 1.165) is 0 Å². The van der Waals surface area contributed by atoms with E-state index in [-0.39, 0.29) is 5.88 Å². The smallest absolute Gasteiger partial charge is 0.372 e. The number of rotatable bonds is 3. The Morgan fingerprint density at radius 2 is 1.90 bits per heavy atom. The highest BCUT2D eigenvalue weighted by molar-refractivity contribution is 6.36. The molecule has 0 heterocycles. The predicted octanol–water partition coefficient (Wildman–Crippen LogP) is 0.905. The summed E-state index contributed by atoms with van der Waals surface area (Å²) >= 11 is 5.35. The molecule has 0 aromatic heterocycles. The second kappa shape index (κ2) is 3.01. The van der Waals surface area contributed by atoms with Crippen molar-refractivity contribution in [3.8, 4) is 0 Å². The standard InChI is InChI=1S/C6H9ClO3/c1-6(2,3-7)4(8)5(9)10/h3H2,1-2H3,(H,9,10). The van der Waals surface area contributed by atoms with Crippen LogP contribution in [0.2, 0.25) is 0 Å². The molecule has 0 aromatic carbocycles. The van der Waals surface area contributed by atoms with Crippen molar-refractivity contribution in [1.29, 1.82) is 0 Å². The maximum Gasteiger partial charge on any atom is 0.372 e. The zero-order valence-electron chi connectivity index (χ0n) is 5.85. The van der Waals surface area contributed by atoms with Crippen LogP contribution in [0.1, 0.15) is 13.8 Å². The average molecular weight is 165 g/mol. The fourth-order valence-corrected chi connectivity index (χ4v) is 0.472. The van der Waals surface area contributed by atoms with Gasteiger partial charge in [0.25, 0.3) is 0 Å². The number of carboxylic acids is 1. The summed E-state index contributed by atoms with van der Waals surface area (Å²) in [6.45, 7) is 2.99. The van der Waals surface area contributed by atoms with E-state index in [9.17, 15) is 9.59 Å². The zero-order valence-corrected chi connectivity index (χ0v) is 6.60. The first-order chi connectivity index (χ1) is 4.41. The lowest BCUT2D eigenvalue weighted by Crippen LogP contribution is -2.32. The molecule has 4 heteroatoms. The highest BCUT2D eigenvalue weighted by atomic mass is 35.5. The number of carbonyl (C=O) groups excluding carboxylic acids is 1. The van der Waals surface area contributed by atoms with Gasteiger partial charge in [-0.2, -0.15) is 0 Å². The van der Waals surface area contributed by atoms with E-state index in [0.29, 0.717) is 0 Å². The molecule has 58 valence electrons. The van der Waals surface area contributed by atoms with Crippen LogP contribution >= 0.6 is 11.6 Å². The fourth-order valence-electron chi connectivity index (χ4n) is 0.350. The lowest BCUT2D eigenvalue weighted by atomic mass is 9.91. The van der Waals surface area contributed by atoms with Crippen LogP contribution in [0.3, 0.4) is 0 Å². The fraction of sp³-hybridized carbons (Fsp3) is 0.667. The first-order valence-electron chi connectivity index (χ1n) is 2.75. The molecule has 0 unspecified atom stereocenters. The Bertz CT molecular complexity index is 162. The van der Waals surface area contributed by atoms with Crippen LogP contribution < -0.4 is 0 Å². The molecule has 0 saturated carbocycles. The first kappa shape index (κ1) is 9.43. The quantitative estimate of drug-likeness (QED) is 0.498. The van der Waals surface area contributed by atoms with Crippen LogP contribution in [0.25, 0.3) is 0 Å². The molecule has 0 fully saturated rings. The van der Waals surface area contributed by atoms with Crippen molar-refractivity contribution in [3.05, 3.63) is 0 Å². The van der Waals surface area contributed by atoms with Gasteiger partial charge in [0.2, 0.25) is 5.78 Å². The van der Waals surface area contributed by atoms with E-state index < -0.39 is 17.2 Å². The van der Waals surface area contributed by atoms with Gasteiger partial charge in [0.05, 0.1) is 0 Å². The second-order valence-corrected chi connectivity index (χ2v) is 2.92. The summed E-state index contributed by atoms with van der Waals surface area (Å²) < 4.78 is 0. The van der Waals surface area contributed by atoms with E-state index in [1.807, 2.05) is 0 Å². The van der Waals surface area contributed by atoms with Gasteiger partial charge in [0.1, 0.15) is 0 Å². The molecule has 0 spiro atoms. The molecule has 0 bridgehead atoms. The SMILES string of the molecule is CC(C)(CCl)C(=O)C(=O)O. The van der Waals surface area contributed by atoms with Gasteiger partial charge in [-0.3, -0.25) is 4.79 Å². The van der Waals surface area contributed by atoms with E-state index >= 15 is 0 Å². The summed E-state index contributed by atoms with van der Waals surface area (Å²) in [6.07, 6.45) is 0. The van der Waals surface area contributed by atoms with Gasteiger partial charge in [-0.25, -0.2) is 4.79 Å². The van der Waals surface area contributed by atoms with Gasteiger partial charge in [0, 0.05) is 11.3 Å². The van der Waals surface area contributed by atoms with E-state index in [4.69, 9.17) is 16.7 Å². The lowest BCUT2D eigenvalue weighted by Gasteiger charge is -2.15. The van der Waals surface area contributed by atoms with Crippen molar-refractivity contribution in [2.45, 2.75) is 13.8 Å². The molecule has 0 aliphatic rings. The molecule has 0 aromatic rings. The maximum atomic E-state index is 10.7. The highest BCUT2D eigenvalue weighted by Crippen LogP contribution is 2.17. The van der Waals surface area contributed by atoms with Crippen LogP contribution in [-0.4, -0.2) is 22.7 Å². The molecule has 10 heavy (non-hydrogen) atoms. The number of hydrogen-bond acceptors (Lipinski definition) is 2. The third-order valence-electron chi connectivity index (χ3n) is 1.14. The topological polar surface area (TPSA) is 54.4 Å². The van der Waals surface area contributed by atoms with Crippen molar-refractivity contribution >= 4 is 23.4 Å². The van der Waals surface area contributed by atoms with Crippen molar-refractivity contribution in [2.24, 2.45) is 5.41 Å². The van der Waals surface area contributed by atoms with Gasteiger partial charge in [-0.15, -0.1) is 11.6 Å². The summed E-state index contributed by atoms with van der Waals surface area (Å²) in [5.41, 5.74) is -0.951. The van der Waals surface area contributed by atoms with Gasteiger partial charge in [-0.1, -0.05) is 13.8 Å². The normalized spacial score (nSPS) is 11.1. The van der Waals surface area contributed by atoms with Crippen LogP contribution in [-0.2, 0) is 9.59 Å². The Balaban J connectivity index is 4.33. The van der Waals surface area contributed by atoms with Gasteiger partial charge in [-0.05, 0) is 0 Å². The summed E-state index contributed by atoms with van der Waals surface area (Å²) in [4.78, 5) is 20.8. The second-order valence-electron chi connectivity index (χ2n) is 2.65. The van der Waals surface area contributed by atoms with Crippen molar-refractivity contribution < 1.29 is 14.7 Å². The molecular weight excluding hydrogens is 156 g/mol. The van der Waals surface area contributed by atoms with Crippen molar-refractivity contribution in [2.75, 3.05) is 5.88 Å². The number of halogens is 1. The number of carbonyl (C=O) groups is 2. The predicted molar refractivity (Wildman–Crippen MR) is 37.1 cm³/mol. The molecule has 0 saturated heterocycles. The molecule has 0 amide bonds. The Kier molecular flexibility index (Phi) is 2.84. The van der Waals surface area contributed by atoms with Crippen LogP contribution in [0.15, 0.2) is 0 Å². The summed E-state index contributed by atoms with van der Waals surface area (Å²) in [5.74, 6) is -2.24. The maximum absolute atomic E-state index is 10.7. The molecule has 0 aliphatic heterocycles. The van der Waals surface area contributed by atoms with Crippen LogP contribution in [0.4, 0.5) is 0 Å². The molecule has 1 N–H and O–H groups in total. The number of alkyl halides is 1. The van der Waals surface area contributed by atoms with Gasteiger partial charge >= 0.3 is 5.97 Å². The number of hydrogen-bond donors (Lipinski definition) is 1. The van der Waals surface area contributed by atoms with Crippen LogP contribution in [0.5, 0.6) is 0 Å². The molecule has 3 nitrogen and oxygen atoms in total. The summed E-state index contributed by atoms with van der Waals surface area (Å²) in [7, 11) is 0. The largest absolute Gasteiger partial charge is 0.475 e. The highest BCUT2D eigenvalue weighted by Gasteiger charge is 2.31. The average Bonchev–Trinajstić information content (AvgIpc) is 1.86. The Morgan fingerprint density at radius 3 is 2.00 bits per heavy atom. The minimum Gasteiger partial charge on any atom is -0.475 e. The summed E-state index contributed by atoms with van der Waals surface area (Å²) in [6, 6.07) is 0. The molecule has 0 radical (unpaired) electrons. The Hall–Kier alpha value is -0.570. The zero-order chi connectivity index (χ0) is 8.36. The summed E-state index contributed by atoms with van der Waals surface area (Å²) in [5, 5.41) is 8.24. The van der Waals surface area contributed by atoms with Crippen molar-refractivity contribution in [1.82, 2.24) is 0 Å². The number of aliphatic carboxylic acids is 1. The van der Waals surface area contributed by atoms with E-state index in [2.05, 4.69) is 0 Å². The molecule has 0 atom stereocenters. The number of ketones is 1. The monoisotopic (exact) mass is 164 g/mol. The molecule has 0 aliphatic carbocycles. The lowest BCUT2D eigenvalue weighted by molar-refractivity contribution is -0.152. The van der Waals surface area contributed by atoms with Gasteiger partial charge in [0.15, 0.2) is 0 Å². The molecule has 0 rings (SSSR count). The Morgan fingerprint density at radius 1 is 1.50 bits per heavy atom. The van der Waals surface area contributed by atoms with Crippen molar-refractivity contribution in [3.63, 3.8) is 0 Å². The molecular formula is C6H9ClO3. The number of Topliss-reactive ketones (excluding diaryl/α,β-unsaturated/α-hetero) is 1. The third kappa shape index (κ3) is 1.99. The minimum atomic E-state index is -1.43. The third-order valence-corrected chi connectivity index (χ3v) is 1.81.